The summed E-state index contributed by atoms with van der Waals surface area (Å²) in [6.07, 6.45) is 4.34. The van der Waals surface area contributed by atoms with Crippen LogP contribution in [0.4, 0.5) is 0 Å². The van der Waals surface area contributed by atoms with E-state index < -0.39 is 0 Å². The number of allylic oxidation sites excluding steroid dienone is 4. The molecule has 4 heteroatoms. The van der Waals surface area contributed by atoms with Crippen molar-refractivity contribution >= 4 is 0 Å². The fourth-order valence-corrected chi connectivity index (χ4v) is 6.19. The van der Waals surface area contributed by atoms with Gasteiger partial charge in [0, 0.05) is 0 Å². The molecule has 5 rings (SSSR count). The topological polar surface area (TPSA) is 0 Å². The van der Waals surface area contributed by atoms with E-state index in [2.05, 4.69) is 150 Å². The third kappa shape index (κ3) is 6.22. The van der Waals surface area contributed by atoms with Gasteiger partial charge in [-0.15, -0.1) is 0 Å². The van der Waals surface area contributed by atoms with Crippen LogP contribution >= 0.6 is 0 Å². The fourth-order valence-electron chi connectivity index (χ4n) is 5.65. The van der Waals surface area contributed by atoms with Crippen LogP contribution < -0.4 is 37.2 Å². The summed E-state index contributed by atoms with van der Waals surface area (Å²) in [7, 11) is 0. The molecule has 0 aliphatic heterocycles. The fraction of sp³-hybridized carbons (Fsp3) is 0.176. The number of halogens is 3. The molecule has 0 atom stereocenters. The predicted octanol–water partition coefficient (Wildman–Crippen LogP) is -0.668. The molecule has 1 aliphatic rings. The van der Waals surface area contributed by atoms with Crippen LogP contribution in [-0.4, -0.2) is 0 Å². The normalized spacial score (nSPS) is 12.7. The van der Waals surface area contributed by atoms with Gasteiger partial charge in [-0.05, 0) is 0 Å². The zero-order chi connectivity index (χ0) is 24.4. The van der Waals surface area contributed by atoms with Gasteiger partial charge in [-0.3, -0.25) is 0 Å². The van der Waals surface area contributed by atoms with Crippen LogP contribution in [0.3, 0.4) is 0 Å². The minimum absolute atomic E-state index is 0. The molecule has 4 aromatic carbocycles. The third-order valence-corrected chi connectivity index (χ3v) is 8.02. The second-order valence-corrected chi connectivity index (χ2v) is 10.6. The van der Waals surface area contributed by atoms with Crippen LogP contribution in [0.1, 0.15) is 45.4 Å². The summed E-state index contributed by atoms with van der Waals surface area (Å²) in [6.45, 7) is 6.62. The molecule has 0 spiro atoms. The van der Waals surface area contributed by atoms with Gasteiger partial charge < -0.3 is 37.2 Å². The molecule has 0 unspecified atom stereocenters. The first-order valence-corrected chi connectivity index (χ1v) is 13.2. The largest absolute Gasteiger partial charge is 1.00 e. The van der Waals surface area contributed by atoms with E-state index in [9.17, 15) is 0 Å². The first kappa shape index (κ1) is 32.2. The molecule has 0 heterocycles. The van der Waals surface area contributed by atoms with Gasteiger partial charge in [0.25, 0.3) is 0 Å². The average Bonchev–Trinajstić information content (AvgIpc) is 3.21. The van der Waals surface area contributed by atoms with E-state index in [1.807, 2.05) is 0 Å². The van der Waals surface area contributed by atoms with E-state index in [0.717, 1.165) is 12.8 Å². The molecular formula is C34H31Cl3Ti. The molecule has 0 nitrogen and oxygen atoms in total. The monoisotopic (exact) mass is 592 g/mol. The smallest absolute Gasteiger partial charge is 1.00 e. The van der Waals surface area contributed by atoms with Gasteiger partial charge in [-0.25, -0.2) is 0 Å². The van der Waals surface area contributed by atoms with E-state index in [1.54, 1.807) is 0 Å². The zero-order valence-corrected chi connectivity index (χ0v) is 25.8. The van der Waals surface area contributed by atoms with E-state index in [0.29, 0.717) is 0 Å². The Kier molecular flexibility index (Phi) is 11.7. The van der Waals surface area contributed by atoms with Crippen molar-refractivity contribution in [3.63, 3.8) is 0 Å². The molecule has 0 fully saturated rings. The van der Waals surface area contributed by atoms with Crippen molar-refractivity contribution in [2.24, 2.45) is 0 Å². The van der Waals surface area contributed by atoms with E-state index in [-0.39, 0.29) is 42.6 Å². The summed E-state index contributed by atoms with van der Waals surface area (Å²) in [5.41, 5.74) is 11.9. The molecule has 0 aromatic heterocycles. The molecule has 4 aromatic rings. The van der Waals surface area contributed by atoms with Crippen LogP contribution in [0.25, 0.3) is 0 Å². The van der Waals surface area contributed by atoms with Crippen molar-refractivity contribution in [2.75, 3.05) is 0 Å². The van der Waals surface area contributed by atoms with Crippen molar-refractivity contribution in [3.8, 4) is 0 Å². The van der Waals surface area contributed by atoms with Crippen LogP contribution in [0, 0.1) is 20.8 Å². The van der Waals surface area contributed by atoms with Crippen molar-refractivity contribution < 1.29 is 57.7 Å². The molecule has 0 saturated heterocycles. The maximum atomic E-state index is 2.43. The van der Waals surface area contributed by atoms with Crippen LogP contribution in [-0.2, 0) is 32.3 Å². The van der Waals surface area contributed by atoms with E-state index in [1.165, 1.54) is 54.0 Å². The predicted molar refractivity (Wildman–Crippen MR) is 143 cm³/mol. The van der Waals surface area contributed by atoms with Crippen molar-refractivity contribution in [1.29, 1.82) is 0 Å². The summed E-state index contributed by atoms with van der Waals surface area (Å²) in [6, 6.07) is 38.4. The molecule has 1 aliphatic carbocycles. The maximum Gasteiger partial charge on any atom is -1.00 e. The summed E-state index contributed by atoms with van der Waals surface area (Å²) in [5, 5.41) is 0. The first-order valence-electron chi connectivity index (χ1n) is 12.4. The van der Waals surface area contributed by atoms with Crippen LogP contribution in [0.15, 0.2) is 124 Å². The Morgan fingerprint density at radius 3 is 1.47 bits per heavy atom. The van der Waals surface area contributed by atoms with Crippen LogP contribution in [0.5, 0.6) is 0 Å². The van der Waals surface area contributed by atoms with Gasteiger partial charge in [0.1, 0.15) is 0 Å². The number of rotatable bonds is 6. The van der Waals surface area contributed by atoms with Crippen molar-refractivity contribution in [1.82, 2.24) is 0 Å². The second kappa shape index (κ2) is 13.8. The number of hydrogen-bond acceptors (Lipinski definition) is 0. The molecule has 0 saturated carbocycles. The minimum Gasteiger partial charge on any atom is -1.00 e. The van der Waals surface area contributed by atoms with Crippen molar-refractivity contribution in [3.05, 3.63) is 163 Å². The maximum absolute atomic E-state index is 2.43. The van der Waals surface area contributed by atoms with Gasteiger partial charge in [0.05, 0.1) is 0 Å². The number of benzene rings is 4. The van der Waals surface area contributed by atoms with Gasteiger partial charge in [0.15, 0.2) is 0 Å². The standard InChI is InChI=1S/C34H31.3ClH.Ti/c1-25-11-7-17-30(21-25)34(31-18-8-12-26(2)22-31,32-19-9-13-27(3)23-32)33-20-10-16-29(33)24-28-14-5-4-6-15-28;;;;/h4-15,17-19,21-23H,20,24H2,1-3H3;3*1H;/q;;;;+3/p-3. The Balaban J connectivity index is 0.00000169. The van der Waals surface area contributed by atoms with Gasteiger partial charge in [-0.1, -0.05) is 0 Å². The Hall–Kier alpha value is -2.06. The Bertz CT molecular complexity index is 1330. The van der Waals surface area contributed by atoms with Crippen LogP contribution in [0.2, 0.25) is 0 Å². The van der Waals surface area contributed by atoms with E-state index in [4.69, 9.17) is 0 Å². The summed E-state index contributed by atoms with van der Waals surface area (Å²) >= 11 is 2.29. The Labute approximate surface area is 258 Å². The molecule has 192 valence electrons. The van der Waals surface area contributed by atoms with Gasteiger partial charge in [0.2, 0.25) is 0 Å². The Morgan fingerprint density at radius 1 is 0.605 bits per heavy atom. The molecule has 0 bridgehead atoms. The molecule has 0 radical (unpaired) electrons. The molecule has 0 amide bonds. The summed E-state index contributed by atoms with van der Waals surface area (Å²) < 4.78 is 1.40. The summed E-state index contributed by atoms with van der Waals surface area (Å²) in [4.78, 5) is 0. The van der Waals surface area contributed by atoms with Gasteiger partial charge >= 0.3 is 223 Å². The Morgan fingerprint density at radius 2 is 1.05 bits per heavy atom. The van der Waals surface area contributed by atoms with E-state index >= 15 is 0 Å². The zero-order valence-electron chi connectivity index (χ0n) is 21.9. The quantitative estimate of drug-likeness (QED) is 0.206. The number of hydrogen-bond donors (Lipinski definition) is 0. The minimum atomic E-state index is -0.359. The first-order chi connectivity index (χ1) is 17.0. The molecular weight excluding hydrogens is 563 g/mol. The number of aryl methyl sites for hydroxylation is 3. The molecule has 0 N–H and O–H groups in total. The summed E-state index contributed by atoms with van der Waals surface area (Å²) in [5.74, 6) is 0. The average molecular weight is 594 g/mol. The van der Waals surface area contributed by atoms with Gasteiger partial charge in [-0.2, -0.15) is 0 Å². The molecule has 38 heavy (non-hydrogen) atoms. The third-order valence-electron chi connectivity index (χ3n) is 7.23. The second-order valence-electron chi connectivity index (χ2n) is 9.80. The van der Waals surface area contributed by atoms with Crippen molar-refractivity contribution in [2.45, 2.75) is 39.0 Å². The SMILES string of the molecule is Cc1cccc(C(C2=C(Cc3ccccc3)[C]([Ti+3])=CC2)(c2cccc(C)c2)c2cccc(C)c2)c1.[Cl-].[Cl-].[Cl-].